The van der Waals surface area contributed by atoms with Gasteiger partial charge in [-0.25, -0.2) is 0 Å². The van der Waals surface area contributed by atoms with E-state index < -0.39 is 0 Å². The largest absolute Gasteiger partial charge is 0.497 e. The van der Waals surface area contributed by atoms with Gasteiger partial charge in [-0.3, -0.25) is 19.3 Å². The third kappa shape index (κ3) is 5.08. The van der Waals surface area contributed by atoms with Gasteiger partial charge in [0.25, 0.3) is 11.8 Å². The van der Waals surface area contributed by atoms with Crippen LogP contribution >= 0.6 is 0 Å². The summed E-state index contributed by atoms with van der Waals surface area (Å²) >= 11 is 0. The predicted octanol–water partition coefficient (Wildman–Crippen LogP) is 1.88. The zero-order valence-electron chi connectivity index (χ0n) is 17.2. The van der Waals surface area contributed by atoms with Gasteiger partial charge < -0.3 is 20.1 Å². The van der Waals surface area contributed by atoms with Crippen molar-refractivity contribution in [3.05, 3.63) is 53.6 Å². The second kappa shape index (κ2) is 9.30. The van der Waals surface area contributed by atoms with Crippen LogP contribution in [0.25, 0.3) is 0 Å². The van der Waals surface area contributed by atoms with Crippen molar-refractivity contribution in [2.45, 2.75) is 26.4 Å². The van der Waals surface area contributed by atoms with Crippen molar-refractivity contribution in [2.24, 2.45) is 0 Å². The van der Waals surface area contributed by atoms with Gasteiger partial charge in [0.15, 0.2) is 6.61 Å². The molecule has 158 valence electrons. The van der Waals surface area contributed by atoms with Crippen LogP contribution < -0.4 is 25.0 Å². The van der Waals surface area contributed by atoms with Gasteiger partial charge in [0.05, 0.1) is 12.8 Å². The monoisotopic (exact) mass is 411 g/mol. The number of fused-ring (bicyclic) bond motifs is 1. The van der Waals surface area contributed by atoms with E-state index in [2.05, 4.69) is 10.6 Å². The van der Waals surface area contributed by atoms with E-state index in [1.807, 2.05) is 38.1 Å². The molecule has 1 heterocycles. The Morgan fingerprint density at radius 3 is 2.57 bits per heavy atom. The molecule has 3 rings (SSSR count). The third-order valence-electron chi connectivity index (χ3n) is 4.53. The van der Waals surface area contributed by atoms with Gasteiger partial charge in [0.2, 0.25) is 5.91 Å². The summed E-state index contributed by atoms with van der Waals surface area (Å²) in [5, 5.41) is 5.61. The van der Waals surface area contributed by atoms with Gasteiger partial charge in [-0.1, -0.05) is 12.1 Å². The van der Waals surface area contributed by atoms with Crippen LogP contribution in [0.3, 0.4) is 0 Å². The topological polar surface area (TPSA) is 97.0 Å². The molecule has 2 aromatic carbocycles. The fourth-order valence-corrected chi connectivity index (χ4v) is 3.06. The highest BCUT2D eigenvalue weighted by Gasteiger charge is 2.28. The predicted molar refractivity (Wildman–Crippen MR) is 112 cm³/mol. The van der Waals surface area contributed by atoms with Crippen molar-refractivity contribution in [2.75, 3.05) is 25.2 Å². The van der Waals surface area contributed by atoms with Gasteiger partial charge in [-0.2, -0.15) is 0 Å². The fraction of sp³-hybridized carbons (Fsp3) is 0.318. The first-order valence-corrected chi connectivity index (χ1v) is 9.65. The van der Waals surface area contributed by atoms with Crippen LogP contribution in [0.4, 0.5) is 5.69 Å². The standard InChI is InChI=1S/C22H25N3O5/c1-14(2)24-20(26)12-25-18-10-16(6-9-19(18)30-13-21(25)27)22(28)23-11-15-4-7-17(29-3)8-5-15/h4-10,14H,11-13H2,1-3H3,(H,23,28)(H,24,26). The molecule has 1 aliphatic rings. The first-order valence-electron chi connectivity index (χ1n) is 9.65. The lowest BCUT2D eigenvalue weighted by Crippen LogP contribution is -2.46. The van der Waals surface area contributed by atoms with E-state index >= 15 is 0 Å². The van der Waals surface area contributed by atoms with Crippen molar-refractivity contribution in [1.82, 2.24) is 10.6 Å². The number of anilines is 1. The Balaban J connectivity index is 1.73. The Bertz CT molecular complexity index is 940. The maximum Gasteiger partial charge on any atom is 0.265 e. The van der Waals surface area contributed by atoms with E-state index in [1.54, 1.807) is 25.3 Å². The Kier molecular flexibility index (Phi) is 6.56. The quantitative estimate of drug-likeness (QED) is 0.725. The second-order valence-electron chi connectivity index (χ2n) is 7.20. The fourth-order valence-electron chi connectivity index (χ4n) is 3.06. The highest BCUT2D eigenvalue weighted by Crippen LogP contribution is 2.33. The minimum atomic E-state index is -0.336. The first kappa shape index (κ1) is 21.2. The van der Waals surface area contributed by atoms with Crippen LogP contribution in [0.1, 0.15) is 29.8 Å². The average molecular weight is 411 g/mol. The minimum absolute atomic E-state index is 0.0387. The van der Waals surface area contributed by atoms with E-state index in [1.165, 1.54) is 4.90 Å². The lowest BCUT2D eigenvalue weighted by atomic mass is 10.1. The highest BCUT2D eigenvalue weighted by atomic mass is 16.5. The summed E-state index contributed by atoms with van der Waals surface area (Å²) in [5.41, 5.74) is 1.70. The molecule has 0 aromatic heterocycles. The van der Waals surface area contributed by atoms with Crippen LogP contribution in [0.5, 0.6) is 11.5 Å². The highest BCUT2D eigenvalue weighted by molar-refractivity contribution is 6.04. The summed E-state index contributed by atoms with van der Waals surface area (Å²) in [6.45, 7) is 3.75. The Morgan fingerprint density at radius 2 is 1.90 bits per heavy atom. The molecule has 0 saturated carbocycles. The van der Waals surface area contributed by atoms with Crippen LogP contribution in [-0.4, -0.2) is 44.0 Å². The van der Waals surface area contributed by atoms with E-state index in [4.69, 9.17) is 9.47 Å². The molecule has 2 aromatic rings. The zero-order chi connectivity index (χ0) is 21.7. The molecule has 0 fully saturated rings. The summed E-state index contributed by atoms with van der Waals surface area (Å²) < 4.78 is 10.6. The van der Waals surface area contributed by atoms with E-state index in [0.29, 0.717) is 23.5 Å². The number of benzene rings is 2. The van der Waals surface area contributed by atoms with Crippen molar-refractivity contribution in [3.63, 3.8) is 0 Å². The molecule has 2 N–H and O–H groups in total. The van der Waals surface area contributed by atoms with Gasteiger partial charge in [0, 0.05) is 18.2 Å². The Hall–Kier alpha value is -3.55. The maximum absolute atomic E-state index is 12.6. The van der Waals surface area contributed by atoms with Crippen molar-refractivity contribution in [3.8, 4) is 11.5 Å². The summed E-state index contributed by atoms with van der Waals surface area (Å²) in [6, 6.07) is 12.2. The van der Waals surface area contributed by atoms with Crippen LogP contribution in [0.2, 0.25) is 0 Å². The number of ether oxygens (including phenoxy) is 2. The molecule has 0 unspecified atom stereocenters. The molecule has 0 radical (unpaired) electrons. The van der Waals surface area contributed by atoms with E-state index in [0.717, 1.165) is 11.3 Å². The lowest BCUT2D eigenvalue weighted by Gasteiger charge is -2.29. The number of hydrogen-bond acceptors (Lipinski definition) is 5. The molecule has 0 aliphatic carbocycles. The van der Waals surface area contributed by atoms with E-state index in [9.17, 15) is 14.4 Å². The van der Waals surface area contributed by atoms with Crippen LogP contribution in [0.15, 0.2) is 42.5 Å². The van der Waals surface area contributed by atoms with Crippen molar-refractivity contribution in [1.29, 1.82) is 0 Å². The molecule has 0 bridgehead atoms. The molecule has 0 spiro atoms. The number of nitrogens with one attached hydrogen (secondary N) is 2. The summed E-state index contributed by atoms with van der Waals surface area (Å²) in [6.07, 6.45) is 0. The summed E-state index contributed by atoms with van der Waals surface area (Å²) in [5.74, 6) is 0.292. The van der Waals surface area contributed by atoms with Crippen LogP contribution in [0, 0.1) is 0 Å². The summed E-state index contributed by atoms with van der Waals surface area (Å²) in [7, 11) is 1.59. The number of carbonyl (C=O) groups excluding carboxylic acids is 3. The molecule has 3 amide bonds. The molecule has 1 aliphatic heterocycles. The lowest BCUT2D eigenvalue weighted by molar-refractivity contribution is -0.125. The van der Waals surface area contributed by atoms with Crippen molar-refractivity contribution >= 4 is 23.4 Å². The molecule has 30 heavy (non-hydrogen) atoms. The number of carbonyl (C=O) groups is 3. The number of hydrogen-bond donors (Lipinski definition) is 2. The van der Waals surface area contributed by atoms with Gasteiger partial charge >= 0.3 is 0 Å². The van der Waals surface area contributed by atoms with Gasteiger partial charge in [0.1, 0.15) is 18.0 Å². The second-order valence-corrected chi connectivity index (χ2v) is 7.20. The summed E-state index contributed by atoms with van der Waals surface area (Å²) in [4.78, 5) is 38.5. The molecule has 8 nitrogen and oxygen atoms in total. The molecule has 8 heteroatoms. The Morgan fingerprint density at radius 1 is 1.17 bits per heavy atom. The SMILES string of the molecule is COc1ccc(CNC(=O)c2ccc3c(c2)N(CC(=O)NC(C)C)C(=O)CO3)cc1. The average Bonchev–Trinajstić information content (AvgIpc) is 2.73. The van der Waals surface area contributed by atoms with E-state index in [-0.39, 0.29) is 36.9 Å². The first-order chi connectivity index (χ1) is 14.4. The minimum Gasteiger partial charge on any atom is -0.497 e. The molecule has 0 saturated heterocycles. The third-order valence-corrected chi connectivity index (χ3v) is 4.53. The normalized spacial score (nSPS) is 12.8. The smallest absolute Gasteiger partial charge is 0.265 e. The number of methoxy groups -OCH3 is 1. The van der Waals surface area contributed by atoms with Gasteiger partial charge in [-0.05, 0) is 49.7 Å². The number of nitrogens with zero attached hydrogens (tertiary/aromatic N) is 1. The maximum atomic E-state index is 12.6. The van der Waals surface area contributed by atoms with Crippen LogP contribution in [-0.2, 0) is 16.1 Å². The molecular weight excluding hydrogens is 386 g/mol. The molecular formula is C22H25N3O5. The zero-order valence-corrected chi connectivity index (χ0v) is 17.2. The number of amides is 3. The number of rotatable bonds is 7. The Labute approximate surface area is 175 Å². The van der Waals surface area contributed by atoms with Gasteiger partial charge in [-0.15, -0.1) is 0 Å². The molecule has 0 atom stereocenters. The van der Waals surface area contributed by atoms with Crippen molar-refractivity contribution < 1.29 is 23.9 Å².